The lowest BCUT2D eigenvalue weighted by molar-refractivity contribution is -0.0449. The smallest absolute Gasteiger partial charge is 0.0991 e. The molecule has 2 heterocycles. The van der Waals surface area contributed by atoms with Crippen LogP contribution in [0.5, 0.6) is 0 Å². The van der Waals surface area contributed by atoms with Gasteiger partial charge in [-0.1, -0.05) is 19.1 Å². The Balaban J connectivity index is 1.48. The van der Waals surface area contributed by atoms with Gasteiger partial charge < -0.3 is 10.1 Å². The zero-order valence-corrected chi connectivity index (χ0v) is 14.1. The van der Waals surface area contributed by atoms with Gasteiger partial charge in [-0.25, -0.2) is 0 Å². The number of likely N-dealkylation sites (tertiary alicyclic amines) is 1. The number of benzene rings is 1. The van der Waals surface area contributed by atoms with Gasteiger partial charge in [0.25, 0.3) is 0 Å². The van der Waals surface area contributed by atoms with Crippen LogP contribution in [0.2, 0.25) is 0 Å². The van der Waals surface area contributed by atoms with Crippen LogP contribution in [0.25, 0.3) is 0 Å². The van der Waals surface area contributed by atoms with Crippen LogP contribution in [-0.2, 0) is 11.3 Å². The first-order valence-electron chi connectivity index (χ1n) is 8.82. The summed E-state index contributed by atoms with van der Waals surface area (Å²) in [5, 5.41) is 12.5. The highest BCUT2D eigenvalue weighted by atomic mass is 16.5. The molecule has 1 atom stereocenters. The molecule has 0 amide bonds. The van der Waals surface area contributed by atoms with Crippen molar-refractivity contribution in [1.29, 1.82) is 5.26 Å². The molecule has 1 aromatic rings. The van der Waals surface area contributed by atoms with E-state index in [9.17, 15) is 0 Å². The second-order valence-corrected chi connectivity index (χ2v) is 6.93. The van der Waals surface area contributed by atoms with Crippen LogP contribution >= 0.6 is 0 Å². The van der Waals surface area contributed by atoms with E-state index < -0.39 is 0 Å². The maximum Gasteiger partial charge on any atom is 0.0991 e. The molecule has 124 valence electrons. The van der Waals surface area contributed by atoms with Crippen molar-refractivity contribution in [2.45, 2.75) is 50.8 Å². The van der Waals surface area contributed by atoms with E-state index in [4.69, 9.17) is 10.00 Å². The molecule has 4 heteroatoms. The van der Waals surface area contributed by atoms with Crippen LogP contribution in [0.3, 0.4) is 0 Å². The first-order chi connectivity index (χ1) is 11.2. The van der Waals surface area contributed by atoms with Gasteiger partial charge in [0.1, 0.15) is 0 Å². The zero-order chi connectivity index (χ0) is 16.1. The van der Waals surface area contributed by atoms with Crippen LogP contribution in [0.1, 0.15) is 43.7 Å². The Morgan fingerprint density at radius 2 is 2.04 bits per heavy atom. The molecule has 2 fully saturated rings. The van der Waals surface area contributed by atoms with Crippen molar-refractivity contribution in [3.8, 4) is 6.07 Å². The highest BCUT2D eigenvalue weighted by Crippen LogP contribution is 2.36. The molecule has 1 unspecified atom stereocenters. The molecule has 0 aliphatic carbocycles. The van der Waals surface area contributed by atoms with Crippen molar-refractivity contribution < 1.29 is 4.74 Å². The lowest BCUT2D eigenvalue weighted by Gasteiger charge is -2.38. The van der Waals surface area contributed by atoms with Crippen molar-refractivity contribution in [2.24, 2.45) is 0 Å². The molecule has 23 heavy (non-hydrogen) atoms. The summed E-state index contributed by atoms with van der Waals surface area (Å²) in [5.74, 6) is 0. The minimum atomic E-state index is 0.118. The number of nitrogens with zero attached hydrogens (tertiary/aromatic N) is 2. The molecule has 1 aromatic carbocycles. The van der Waals surface area contributed by atoms with Crippen LogP contribution in [0.15, 0.2) is 24.3 Å². The molecule has 0 bridgehead atoms. The van der Waals surface area contributed by atoms with E-state index in [0.717, 1.165) is 57.6 Å². The Morgan fingerprint density at radius 1 is 1.30 bits per heavy atom. The molecule has 2 aliphatic rings. The third-order valence-electron chi connectivity index (χ3n) is 5.15. The van der Waals surface area contributed by atoms with Gasteiger partial charge in [-0.3, -0.25) is 4.90 Å². The quantitative estimate of drug-likeness (QED) is 0.908. The molecule has 2 aliphatic heterocycles. The molecule has 0 radical (unpaired) electrons. The lowest BCUT2D eigenvalue weighted by atomic mass is 9.87. The molecule has 3 rings (SSSR count). The number of ether oxygens (including phenoxy) is 1. The number of hydrogen-bond donors (Lipinski definition) is 1. The van der Waals surface area contributed by atoms with E-state index in [0.29, 0.717) is 6.04 Å². The lowest BCUT2D eigenvalue weighted by Crippen LogP contribution is -2.44. The van der Waals surface area contributed by atoms with Gasteiger partial charge in [-0.15, -0.1) is 0 Å². The third kappa shape index (κ3) is 4.11. The zero-order valence-electron chi connectivity index (χ0n) is 14.1. The van der Waals surface area contributed by atoms with Crippen LogP contribution in [0.4, 0.5) is 0 Å². The van der Waals surface area contributed by atoms with Gasteiger partial charge in [0, 0.05) is 25.7 Å². The summed E-state index contributed by atoms with van der Waals surface area (Å²) < 4.78 is 6.19. The van der Waals surface area contributed by atoms with E-state index in [-0.39, 0.29) is 5.60 Å². The first-order valence-corrected chi connectivity index (χ1v) is 8.82. The van der Waals surface area contributed by atoms with Gasteiger partial charge in [-0.05, 0) is 49.9 Å². The number of nitriles is 1. The Bertz CT molecular complexity index is 541. The van der Waals surface area contributed by atoms with Crippen LogP contribution in [-0.4, -0.2) is 42.8 Å². The number of rotatable bonds is 5. The molecule has 1 spiro atoms. The largest absolute Gasteiger partial charge is 0.373 e. The van der Waals surface area contributed by atoms with Crippen molar-refractivity contribution in [3.05, 3.63) is 35.4 Å². The second kappa shape index (κ2) is 7.44. The summed E-state index contributed by atoms with van der Waals surface area (Å²) >= 11 is 0. The fourth-order valence-electron chi connectivity index (χ4n) is 3.73. The predicted octanol–water partition coefficient (Wildman–Crippen LogP) is 2.68. The van der Waals surface area contributed by atoms with Crippen molar-refractivity contribution in [2.75, 3.05) is 26.2 Å². The highest BCUT2D eigenvalue weighted by Gasteiger charge is 2.42. The highest BCUT2D eigenvalue weighted by molar-refractivity contribution is 5.31. The monoisotopic (exact) mass is 313 g/mol. The van der Waals surface area contributed by atoms with Gasteiger partial charge in [0.15, 0.2) is 0 Å². The first kappa shape index (κ1) is 16.4. The molecule has 0 aromatic heterocycles. The SMILES string of the molecule is CCCNC1COC2(CCN(Cc3ccc(C#N)cc3)CC2)C1. The second-order valence-electron chi connectivity index (χ2n) is 6.93. The van der Waals surface area contributed by atoms with E-state index in [1.807, 2.05) is 12.1 Å². The minimum absolute atomic E-state index is 0.118. The molecule has 1 N–H and O–H groups in total. The molecular formula is C19H27N3O. The maximum atomic E-state index is 8.86. The molecule has 4 nitrogen and oxygen atoms in total. The van der Waals surface area contributed by atoms with Gasteiger partial charge in [-0.2, -0.15) is 5.26 Å². The van der Waals surface area contributed by atoms with Crippen molar-refractivity contribution in [3.63, 3.8) is 0 Å². The van der Waals surface area contributed by atoms with Gasteiger partial charge in [0.05, 0.1) is 23.8 Å². The average Bonchev–Trinajstić information content (AvgIpc) is 2.99. The van der Waals surface area contributed by atoms with Gasteiger partial charge in [0.2, 0.25) is 0 Å². The summed E-state index contributed by atoms with van der Waals surface area (Å²) in [5.41, 5.74) is 2.14. The normalized spacial score (nSPS) is 23.9. The Labute approximate surface area is 139 Å². The Hall–Kier alpha value is -1.41. The number of piperidine rings is 1. The van der Waals surface area contributed by atoms with Crippen molar-refractivity contribution in [1.82, 2.24) is 10.2 Å². The summed E-state index contributed by atoms with van der Waals surface area (Å²) in [6, 6.07) is 10.7. The van der Waals surface area contributed by atoms with Crippen LogP contribution in [0, 0.1) is 11.3 Å². The molecular weight excluding hydrogens is 286 g/mol. The standard InChI is InChI=1S/C19H27N3O/c1-2-9-21-18-12-19(23-15-18)7-10-22(11-8-19)14-17-5-3-16(13-20)4-6-17/h3-6,18,21H,2,7-12,14-15H2,1H3. The molecule has 0 saturated carbocycles. The average molecular weight is 313 g/mol. The fraction of sp³-hybridized carbons (Fsp3) is 0.632. The Kier molecular flexibility index (Phi) is 5.32. The van der Waals surface area contributed by atoms with Gasteiger partial charge >= 0.3 is 0 Å². The summed E-state index contributed by atoms with van der Waals surface area (Å²) in [4.78, 5) is 2.50. The summed E-state index contributed by atoms with van der Waals surface area (Å²) in [6.45, 7) is 7.34. The minimum Gasteiger partial charge on any atom is -0.373 e. The number of nitrogens with one attached hydrogen (secondary N) is 1. The summed E-state index contributed by atoms with van der Waals surface area (Å²) in [7, 11) is 0. The number of hydrogen-bond acceptors (Lipinski definition) is 4. The predicted molar refractivity (Wildman–Crippen MR) is 91.0 cm³/mol. The summed E-state index contributed by atoms with van der Waals surface area (Å²) in [6.07, 6.45) is 4.61. The Morgan fingerprint density at radius 3 is 2.70 bits per heavy atom. The third-order valence-corrected chi connectivity index (χ3v) is 5.15. The van der Waals surface area contributed by atoms with E-state index in [1.54, 1.807) is 0 Å². The van der Waals surface area contributed by atoms with Crippen LogP contribution < -0.4 is 5.32 Å². The van der Waals surface area contributed by atoms with E-state index >= 15 is 0 Å². The van der Waals surface area contributed by atoms with E-state index in [1.165, 1.54) is 12.0 Å². The topological polar surface area (TPSA) is 48.3 Å². The fourth-order valence-corrected chi connectivity index (χ4v) is 3.73. The maximum absolute atomic E-state index is 8.86. The van der Waals surface area contributed by atoms with Crippen molar-refractivity contribution >= 4 is 0 Å². The van der Waals surface area contributed by atoms with E-state index in [2.05, 4.69) is 35.3 Å². The molecule has 2 saturated heterocycles.